The summed E-state index contributed by atoms with van der Waals surface area (Å²) in [5, 5.41) is 6.23. The monoisotopic (exact) mass is 196 g/mol. The molecule has 1 aliphatic carbocycles. The number of carbonyl (C=O) groups excluding carboxylic acids is 1. The first-order chi connectivity index (χ1) is 6.48. The van der Waals surface area contributed by atoms with Crippen molar-refractivity contribution in [2.24, 2.45) is 17.3 Å². The van der Waals surface area contributed by atoms with Crippen LogP contribution in [0.25, 0.3) is 0 Å². The third-order valence-electron chi connectivity index (χ3n) is 3.37. The Morgan fingerprint density at radius 2 is 2.00 bits per heavy atom. The zero-order valence-corrected chi connectivity index (χ0v) is 9.26. The SMILES string of the molecule is CC(C)(C)C1CC1C(=O)NC1CNC1. The minimum absolute atomic E-state index is 0.274. The van der Waals surface area contributed by atoms with Crippen molar-refractivity contribution in [3.8, 4) is 0 Å². The molecule has 2 fully saturated rings. The zero-order valence-electron chi connectivity index (χ0n) is 9.26. The summed E-state index contributed by atoms with van der Waals surface area (Å²) in [5.74, 6) is 1.16. The fourth-order valence-corrected chi connectivity index (χ4v) is 2.14. The summed E-state index contributed by atoms with van der Waals surface area (Å²) in [7, 11) is 0. The molecule has 0 radical (unpaired) electrons. The summed E-state index contributed by atoms with van der Waals surface area (Å²) in [4.78, 5) is 11.7. The molecule has 2 atom stereocenters. The van der Waals surface area contributed by atoms with E-state index >= 15 is 0 Å². The van der Waals surface area contributed by atoms with Crippen molar-refractivity contribution in [3.05, 3.63) is 0 Å². The first-order valence-electron chi connectivity index (χ1n) is 5.49. The van der Waals surface area contributed by atoms with Gasteiger partial charge in [0.1, 0.15) is 0 Å². The molecule has 2 N–H and O–H groups in total. The molecule has 0 aromatic carbocycles. The van der Waals surface area contributed by atoms with Gasteiger partial charge in [-0.05, 0) is 17.8 Å². The number of amides is 1. The van der Waals surface area contributed by atoms with Gasteiger partial charge in [-0.2, -0.15) is 0 Å². The van der Waals surface area contributed by atoms with Gasteiger partial charge in [-0.25, -0.2) is 0 Å². The second-order valence-corrected chi connectivity index (χ2v) is 5.68. The second kappa shape index (κ2) is 3.23. The molecule has 2 unspecified atom stereocenters. The highest BCUT2D eigenvalue weighted by Gasteiger charge is 2.49. The summed E-state index contributed by atoms with van der Waals surface area (Å²) in [6, 6.07) is 0.392. The van der Waals surface area contributed by atoms with E-state index in [1.165, 1.54) is 0 Å². The predicted octanol–water partition coefficient (Wildman–Crippen LogP) is 0.757. The Kier molecular flexibility index (Phi) is 2.30. The van der Waals surface area contributed by atoms with E-state index < -0.39 is 0 Å². The average molecular weight is 196 g/mol. The number of carbonyl (C=O) groups is 1. The van der Waals surface area contributed by atoms with Gasteiger partial charge in [-0.15, -0.1) is 0 Å². The second-order valence-electron chi connectivity index (χ2n) is 5.68. The Morgan fingerprint density at radius 1 is 1.36 bits per heavy atom. The fraction of sp³-hybridized carbons (Fsp3) is 0.909. The van der Waals surface area contributed by atoms with Gasteiger partial charge in [0.05, 0.1) is 6.04 Å². The summed E-state index contributed by atoms with van der Waals surface area (Å²) in [5.41, 5.74) is 0.292. The normalized spacial score (nSPS) is 32.2. The Balaban J connectivity index is 1.78. The lowest BCUT2D eigenvalue weighted by atomic mass is 9.89. The van der Waals surface area contributed by atoms with E-state index in [-0.39, 0.29) is 11.8 Å². The van der Waals surface area contributed by atoms with Crippen LogP contribution in [0.1, 0.15) is 27.2 Å². The van der Waals surface area contributed by atoms with Crippen LogP contribution < -0.4 is 10.6 Å². The van der Waals surface area contributed by atoms with Crippen molar-refractivity contribution in [1.82, 2.24) is 10.6 Å². The molecule has 0 aromatic heterocycles. The Morgan fingerprint density at radius 3 is 2.36 bits per heavy atom. The van der Waals surface area contributed by atoms with Gasteiger partial charge in [0.2, 0.25) is 5.91 Å². The van der Waals surface area contributed by atoms with Gasteiger partial charge in [0.25, 0.3) is 0 Å². The van der Waals surface area contributed by atoms with Crippen LogP contribution in [0.15, 0.2) is 0 Å². The van der Waals surface area contributed by atoms with Gasteiger partial charge < -0.3 is 10.6 Å². The van der Waals surface area contributed by atoms with Crippen LogP contribution in [0.4, 0.5) is 0 Å². The third kappa shape index (κ3) is 1.92. The molecule has 1 amide bonds. The summed E-state index contributed by atoms with van der Waals surface area (Å²) in [6.07, 6.45) is 1.08. The topological polar surface area (TPSA) is 41.1 Å². The Labute approximate surface area is 85.6 Å². The quantitative estimate of drug-likeness (QED) is 0.684. The largest absolute Gasteiger partial charge is 0.351 e. The van der Waals surface area contributed by atoms with Crippen LogP contribution in [0.5, 0.6) is 0 Å². The first-order valence-corrected chi connectivity index (χ1v) is 5.49. The van der Waals surface area contributed by atoms with Crippen molar-refractivity contribution in [1.29, 1.82) is 0 Å². The molecule has 80 valence electrons. The molecular weight excluding hydrogens is 176 g/mol. The van der Waals surface area contributed by atoms with Crippen LogP contribution in [-0.2, 0) is 4.79 Å². The molecule has 1 heterocycles. The summed E-state index contributed by atoms with van der Waals surface area (Å²) in [6.45, 7) is 8.54. The van der Waals surface area contributed by atoms with Crippen molar-refractivity contribution < 1.29 is 4.79 Å². The third-order valence-corrected chi connectivity index (χ3v) is 3.37. The van der Waals surface area contributed by atoms with E-state index in [0.29, 0.717) is 17.4 Å². The van der Waals surface area contributed by atoms with Gasteiger partial charge >= 0.3 is 0 Å². The highest BCUT2D eigenvalue weighted by molar-refractivity contribution is 5.82. The van der Waals surface area contributed by atoms with Crippen LogP contribution in [0.3, 0.4) is 0 Å². The zero-order chi connectivity index (χ0) is 10.3. The lowest BCUT2D eigenvalue weighted by Gasteiger charge is -2.28. The number of nitrogens with one attached hydrogen (secondary N) is 2. The molecule has 2 rings (SSSR count). The molecule has 0 spiro atoms. The number of rotatable bonds is 2. The molecule has 3 nitrogen and oxygen atoms in total. The molecule has 1 aliphatic heterocycles. The van der Waals surface area contributed by atoms with Crippen LogP contribution in [0, 0.1) is 17.3 Å². The van der Waals surface area contributed by atoms with Crippen molar-refractivity contribution in [2.45, 2.75) is 33.2 Å². The summed E-state index contributed by atoms with van der Waals surface area (Å²) < 4.78 is 0. The average Bonchev–Trinajstić information content (AvgIpc) is 2.72. The molecular formula is C11H20N2O. The molecule has 0 aromatic rings. The maximum atomic E-state index is 11.7. The minimum atomic E-state index is 0.274. The molecule has 1 saturated carbocycles. The van der Waals surface area contributed by atoms with E-state index in [0.717, 1.165) is 19.5 Å². The van der Waals surface area contributed by atoms with Gasteiger partial charge in [0, 0.05) is 19.0 Å². The standard InChI is InChI=1S/C11H20N2O/c1-11(2,3)9-4-8(9)10(14)13-7-5-12-6-7/h7-9,12H,4-6H2,1-3H3,(H,13,14). The maximum absolute atomic E-state index is 11.7. The minimum Gasteiger partial charge on any atom is -0.351 e. The van der Waals surface area contributed by atoms with Gasteiger partial charge in [-0.3, -0.25) is 4.79 Å². The summed E-state index contributed by atoms with van der Waals surface area (Å²) >= 11 is 0. The lowest BCUT2D eigenvalue weighted by Crippen LogP contribution is -2.57. The van der Waals surface area contributed by atoms with E-state index in [1.54, 1.807) is 0 Å². The van der Waals surface area contributed by atoms with E-state index in [1.807, 2.05) is 0 Å². The number of hydrogen-bond donors (Lipinski definition) is 2. The van der Waals surface area contributed by atoms with Crippen LogP contribution in [0.2, 0.25) is 0 Å². The van der Waals surface area contributed by atoms with Crippen molar-refractivity contribution >= 4 is 5.91 Å². The lowest BCUT2D eigenvalue weighted by molar-refractivity contribution is -0.124. The van der Waals surface area contributed by atoms with E-state index in [2.05, 4.69) is 31.4 Å². The molecule has 3 heteroatoms. The number of hydrogen-bond acceptors (Lipinski definition) is 2. The molecule has 14 heavy (non-hydrogen) atoms. The van der Waals surface area contributed by atoms with Crippen molar-refractivity contribution in [2.75, 3.05) is 13.1 Å². The molecule has 0 bridgehead atoms. The molecule has 2 aliphatic rings. The smallest absolute Gasteiger partial charge is 0.223 e. The Bertz CT molecular complexity index is 240. The Hall–Kier alpha value is -0.570. The highest BCUT2D eigenvalue weighted by atomic mass is 16.2. The van der Waals surface area contributed by atoms with Gasteiger partial charge in [0.15, 0.2) is 0 Å². The fourth-order valence-electron chi connectivity index (χ4n) is 2.14. The van der Waals surface area contributed by atoms with Crippen LogP contribution >= 0.6 is 0 Å². The van der Waals surface area contributed by atoms with E-state index in [4.69, 9.17) is 0 Å². The highest BCUT2D eigenvalue weighted by Crippen LogP contribution is 2.50. The molecule has 1 saturated heterocycles. The van der Waals surface area contributed by atoms with Crippen molar-refractivity contribution in [3.63, 3.8) is 0 Å². The predicted molar refractivity (Wildman–Crippen MR) is 55.9 cm³/mol. The van der Waals surface area contributed by atoms with Crippen LogP contribution in [-0.4, -0.2) is 25.0 Å². The van der Waals surface area contributed by atoms with Gasteiger partial charge in [-0.1, -0.05) is 20.8 Å². The maximum Gasteiger partial charge on any atom is 0.223 e. The van der Waals surface area contributed by atoms with E-state index in [9.17, 15) is 4.79 Å². The first kappa shape index (κ1) is 9.97.